The lowest BCUT2D eigenvalue weighted by molar-refractivity contribution is -0.158. The Kier molecular flexibility index (Phi) is 11.1. The summed E-state index contributed by atoms with van der Waals surface area (Å²) >= 11 is 0. The predicted molar refractivity (Wildman–Crippen MR) is 79.3 cm³/mol. The van der Waals surface area contributed by atoms with Crippen LogP contribution in [-0.4, -0.2) is 24.6 Å². The van der Waals surface area contributed by atoms with Crippen LogP contribution in [0.1, 0.15) is 72.6 Å². The van der Waals surface area contributed by atoms with Crippen molar-refractivity contribution in [2.75, 3.05) is 6.61 Å². The summed E-state index contributed by atoms with van der Waals surface area (Å²) in [5.74, 6) is -0.353. The summed E-state index contributed by atoms with van der Waals surface area (Å²) in [7, 11) is 0. The fourth-order valence-electron chi connectivity index (χ4n) is 1.85. The van der Waals surface area contributed by atoms with Crippen LogP contribution in [0, 0.1) is 5.92 Å². The lowest BCUT2D eigenvalue weighted by atomic mass is 10.1. The first-order valence-electron chi connectivity index (χ1n) is 7.84. The number of hydrogen-bond donors (Lipinski definition) is 0. The zero-order chi connectivity index (χ0) is 15.4. The standard InChI is InChI=1S/C16H30O4/c1-5-7-10-14(6-2)20-16(18)12-15(17)19-11-8-9-13(3)4/h13-14H,5-12H2,1-4H3. The Labute approximate surface area is 123 Å². The Hall–Kier alpha value is -1.06. The summed E-state index contributed by atoms with van der Waals surface area (Å²) in [5.41, 5.74) is 0. The molecule has 0 amide bonds. The topological polar surface area (TPSA) is 52.6 Å². The first kappa shape index (κ1) is 18.9. The van der Waals surface area contributed by atoms with Crippen LogP contribution in [0.4, 0.5) is 0 Å². The quantitative estimate of drug-likeness (QED) is 0.329. The highest BCUT2D eigenvalue weighted by Gasteiger charge is 2.16. The van der Waals surface area contributed by atoms with Crippen LogP contribution in [0.5, 0.6) is 0 Å². The first-order chi connectivity index (χ1) is 9.49. The highest BCUT2D eigenvalue weighted by Crippen LogP contribution is 2.10. The molecule has 4 nitrogen and oxygen atoms in total. The van der Waals surface area contributed by atoms with E-state index >= 15 is 0 Å². The third-order valence-corrected chi connectivity index (χ3v) is 3.11. The molecule has 118 valence electrons. The van der Waals surface area contributed by atoms with Crippen molar-refractivity contribution in [2.24, 2.45) is 5.92 Å². The number of unbranched alkanes of at least 4 members (excludes halogenated alkanes) is 1. The summed E-state index contributed by atoms with van der Waals surface area (Å²) in [6.45, 7) is 8.72. The molecule has 0 aromatic carbocycles. The van der Waals surface area contributed by atoms with Crippen LogP contribution in [0.25, 0.3) is 0 Å². The van der Waals surface area contributed by atoms with Gasteiger partial charge in [-0.05, 0) is 31.6 Å². The van der Waals surface area contributed by atoms with Gasteiger partial charge in [0.25, 0.3) is 0 Å². The van der Waals surface area contributed by atoms with E-state index in [9.17, 15) is 9.59 Å². The van der Waals surface area contributed by atoms with Gasteiger partial charge >= 0.3 is 11.9 Å². The average Bonchev–Trinajstić information content (AvgIpc) is 2.39. The Morgan fingerprint density at radius 1 is 1.00 bits per heavy atom. The minimum Gasteiger partial charge on any atom is -0.465 e. The monoisotopic (exact) mass is 286 g/mol. The van der Waals surface area contributed by atoms with Crippen LogP contribution >= 0.6 is 0 Å². The van der Waals surface area contributed by atoms with E-state index in [0.717, 1.165) is 38.5 Å². The summed E-state index contributed by atoms with van der Waals surface area (Å²) in [6, 6.07) is 0. The second-order valence-electron chi connectivity index (χ2n) is 5.60. The number of ether oxygens (including phenoxy) is 2. The molecule has 1 unspecified atom stereocenters. The molecule has 0 spiro atoms. The summed E-state index contributed by atoms with van der Waals surface area (Å²) < 4.78 is 10.3. The molecule has 0 N–H and O–H groups in total. The number of rotatable bonds is 11. The van der Waals surface area contributed by atoms with E-state index in [2.05, 4.69) is 20.8 Å². The molecule has 0 radical (unpaired) electrons. The maximum atomic E-state index is 11.6. The fourth-order valence-corrected chi connectivity index (χ4v) is 1.85. The van der Waals surface area contributed by atoms with Crippen LogP contribution in [0.2, 0.25) is 0 Å². The summed E-state index contributed by atoms with van der Waals surface area (Å²) in [6.07, 6.45) is 5.27. The molecule has 4 heteroatoms. The molecule has 1 atom stereocenters. The van der Waals surface area contributed by atoms with Gasteiger partial charge in [0, 0.05) is 0 Å². The highest BCUT2D eigenvalue weighted by atomic mass is 16.6. The summed E-state index contributed by atoms with van der Waals surface area (Å²) in [5, 5.41) is 0. The van der Waals surface area contributed by atoms with Crippen molar-refractivity contribution in [1.29, 1.82) is 0 Å². The van der Waals surface area contributed by atoms with Crippen molar-refractivity contribution in [3.63, 3.8) is 0 Å². The number of carbonyl (C=O) groups excluding carboxylic acids is 2. The molecule has 0 heterocycles. The second-order valence-corrected chi connectivity index (χ2v) is 5.60. The van der Waals surface area contributed by atoms with E-state index in [1.807, 2.05) is 6.92 Å². The highest BCUT2D eigenvalue weighted by molar-refractivity contribution is 5.91. The average molecular weight is 286 g/mol. The van der Waals surface area contributed by atoms with Gasteiger partial charge < -0.3 is 9.47 Å². The van der Waals surface area contributed by atoms with Gasteiger partial charge in [-0.3, -0.25) is 9.59 Å². The van der Waals surface area contributed by atoms with Crippen molar-refractivity contribution < 1.29 is 19.1 Å². The van der Waals surface area contributed by atoms with Gasteiger partial charge in [-0.1, -0.05) is 40.5 Å². The van der Waals surface area contributed by atoms with Crippen molar-refractivity contribution in [2.45, 2.75) is 78.7 Å². The van der Waals surface area contributed by atoms with Crippen molar-refractivity contribution in [3.8, 4) is 0 Å². The van der Waals surface area contributed by atoms with Crippen molar-refractivity contribution in [1.82, 2.24) is 0 Å². The normalized spacial score (nSPS) is 12.2. The minimum absolute atomic E-state index is 0.0730. The van der Waals surface area contributed by atoms with E-state index < -0.39 is 11.9 Å². The molecule has 0 aliphatic heterocycles. The van der Waals surface area contributed by atoms with Crippen molar-refractivity contribution >= 4 is 11.9 Å². The number of carbonyl (C=O) groups is 2. The van der Waals surface area contributed by atoms with Crippen LogP contribution in [0.15, 0.2) is 0 Å². The molecular weight excluding hydrogens is 256 g/mol. The largest absolute Gasteiger partial charge is 0.465 e. The zero-order valence-electron chi connectivity index (χ0n) is 13.4. The van der Waals surface area contributed by atoms with Gasteiger partial charge in [-0.25, -0.2) is 0 Å². The van der Waals surface area contributed by atoms with Gasteiger partial charge in [-0.15, -0.1) is 0 Å². The van der Waals surface area contributed by atoms with E-state index in [0.29, 0.717) is 12.5 Å². The lowest BCUT2D eigenvalue weighted by Gasteiger charge is -2.15. The van der Waals surface area contributed by atoms with Gasteiger partial charge in [0.05, 0.1) is 6.61 Å². The summed E-state index contributed by atoms with van der Waals surface area (Å²) in [4.78, 5) is 23.1. The first-order valence-corrected chi connectivity index (χ1v) is 7.84. The number of hydrogen-bond acceptors (Lipinski definition) is 4. The smallest absolute Gasteiger partial charge is 0.317 e. The molecule has 0 fully saturated rings. The SMILES string of the molecule is CCCCC(CC)OC(=O)CC(=O)OCCCC(C)C. The molecule has 0 saturated heterocycles. The van der Waals surface area contributed by atoms with Gasteiger partial charge in [-0.2, -0.15) is 0 Å². The zero-order valence-corrected chi connectivity index (χ0v) is 13.4. The second kappa shape index (κ2) is 11.7. The number of esters is 2. The van der Waals surface area contributed by atoms with E-state index in [1.165, 1.54) is 0 Å². The fraction of sp³-hybridized carbons (Fsp3) is 0.875. The predicted octanol–water partition coefficient (Wildman–Crippen LogP) is 3.87. The Bertz CT molecular complexity index is 274. The van der Waals surface area contributed by atoms with Gasteiger partial charge in [0.15, 0.2) is 0 Å². The van der Waals surface area contributed by atoms with E-state index in [4.69, 9.17) is 9.47 Å². The molecule has 0 saturated carbocycles. The molecule has 0 bridgehead atoms. The maximum Gasteiger partial charge on any atom is 0.317 e. The van der Waals surface area contributed by atoms with E-state index in [1.54, 1.807) is 0 Å². The Morgan fingerprint density at radius 2 is 1.70 bits per heavy atom. The maximum absolute atomic E-state index is 11.6. The van der Waals surface area contributed by atoms with Gasteiger partial charge in [0.2, 0.25) is 0 Å². The Balaban J connectivity index is 3.80. The minimum atomic E-state index is -0.482. The molecule has 0 aliphatic carbocycles. The molecule has 20 heavy (non-hydrogen) atoms. The van der Waals surface area contributed by atoms with Crippen molar-refractivity contribution in [3.05, 3.63) is 0 Å². The third-order valence-electron chi connectivity index (χ3n) is 3.11. The molecule has 0 rings (SSSR count). The Morgan fingerprint density at radius 3 is 2.25 bits per heavy atom. The molecule has 0 aliphatic rings. The third kappa shape index (κ3) is 10.8. The molecular formula is C16H30O4. The van der Waals surface area contributed by atoms with E-state index in [-0.39, 0.29) is 12.5 Å². The van der Waals surface area contributed by atoms with Crippen LogP contribution in [0.3, 0.4) is 0 Å². The molecule has 0 aromatic heterocycles. The van der Waals surface area contributed by atoms with Gasteiger partial charge in [0.1, 0.15) is 12.5 Å². The van der Waals surface area contributed by atoms with Crippen LogP contribution < -0.4 is 0 Å². The van der Waals surface area contributed by atoms with Crippen LogP contribution in [-0.2, 0) is 19.1 Å². The lowest BCUT2D eigenvalue weighted by Crippen LogP contribution is -2.21. The molecule has 0 aromatic rings.